The summed E-state index contributed by atoms with van der Waals surface area (Å²) in [4.78, 5) is 12.3. The highest BCUT2D eigenvalue weighted by Crippen LogP contribution is 2.24. The molecule has 1 atom stereocenters. The third-order valence-corrected chi connectivity index (χ3v) is 3.73. The van der Waals surface area contributed by atoms with Crippen molar-refractivity contribution in [1.29, 1.82) is 0 Å². The number of halogens is 3. The van der Waals surface area contributed by atoms with E-state index in [2.05, 4.69) is 5.10 Å². The van der Waals surface area contributed by atoms with Crippen LogP contribution in [0.15, 0.2) is 18.2 Å². The lowest BCUT2D eigenvalue weighted by Crippen LogP contribution is -2.19. The van der Waals surface area contributed by atoms with Crippen molar-refractivity contribution >= 4 is 17.4 Å². The molecule has 0 saturated carbocycles. The molecular weight excluding hydrogens is 286 g/mol. The van der Waals surface area contributed by atoms with Crippen LogP contribution in [0.5, 0.6) is 0 Å². The van der Waals surface area contributed by atoms with Crippen LogP contribution in [0.2, 0.25) is 5.02 Å². The van der Waals surface area contributed by atoms with Crippen LogP contribution in [0.1, 0.15) is 34.7 Å². The number of Topliss-reactive ketones (excluding diaryl/α,β-unsaturated/α-hetero) is 1. The Kier molecular flexibility index (Phi) is 3.90. The quantitative estimate of drug-likeness (QED) is 0.806. The highest BCUT2D eigenvalue weighted by atomic mass is 35.5. The molecule has 106 valence electrons. The molecule has 0 saturated heterocycles. The summed E-state index contributed by atoms with van der Waals surface area (Å²) in [6.45, 7) is 5.12. The highest BCUT2D eigenvalue weighted by Gasteiger charge is 2.22. The molecule has 1 aromatic carbocycles. The van der Waals surface area contributed by atoms with E-state index in [1.54, 1.807) is 20.8 Å². The molecule has 0 aliphatic rings. The maximum Gasteiger partial charge on any atom is 0.187 e. The minimum atomic E-state index is -1.05. The van der Waals surface area contributed by atoms with Gasteiger partial charge in [-0.1, -0.05) is 11.6 Å². The molecule has 0 N–H and O–H groups in total. The van der Waals surface area contributed by atoms with Crippen LogP contribution in [0.25, 0.3) is 0 Å². The minimum absolute atomic E-state index is 0.0973. The largest absolute Gasteiger partial charge is 0.292 e. The Hall–Kier alpha value is -1.75. The second-order valence-corrected chi connectivity index (χ2v) is 4.98. The van der Waals surface area contributed by atoms with Crippen LogP contribution >= 0.6 is 11.6 Å². The van der Waals surface area contributed by atoms with Crippen molar-refractivity contribution in [3.05, 3.63) is 51.8 Å². The van der Waals surface area contributed by atoms with Gasteiger partial charge in [0.05, 0.1) is 16.4 Å². The zero-order chi connectivity index (χ0) is 15.0. The molecule has 1 heterocycles. The van der Waals surface area contributed by atoms with E-state index >= 15 is 0 Å². The van der Waals surface area contributed by atoms with Crippen LogP contribution in [0, 0.1) is 25.5 Å². The topological polar surface area (TPSA) is 34.9 Å². The molecule has 1 unspecified atom stereocenters. The summed E-state index contributed by atoms with van der Waals surface area (Å²) < 4.78 is 27.6. The number of aromatic nitrogens is 2. The summed E-state index contributed by atoms with van der Waals surface area (Å²) in [7, 11) is 0. The number of benzene rings is 1. The lowest BCUT2D eigenvalue weighted by molar-refractivity contribution is 0.0926. The van der Waals surface area contributed by atoms with Crippen molar-refractivity contribution in [3.8, 4) is 0 Å². The van der Waals surface area contributed by atoms with E-state index in [1.165, 1.54) is 10.7 Å². The SMILES string of the molecule is Cc1nn(C(C)C(=O)c2ccc(F)c(F)c2)c(C)c1Cl. The molecule has 2 aromatic rings. The summed E-state index contributed by atoms with van der Waals surface area (Å²) in [5, 5.41) is 4.69. The van der Waals surface area contributed by atoms with E-state index in [9.17, 15) is 13.6 Å². The molecule has 6 heteroatoms. The number of carbonyl (C=O) groups is 1. The van der Waals surface area contributed by atoms with E-state index < -0.39 is 17.7 Å². The van der Waals surface area contributed by atoms with Gasteiger partial charge in [0.1, 0.15) is 6.04 Å². The Morgan fingerprint density at radius 2 is 1.95 bits per heavy atom. The Balaban J connectivity index is 2.37. The van der Waals surface area contributed by atoms with Crippen molar-refractivity contribution in [3.63, 3.8) is 0 Å². The Morgan fingerprint density at radius 1 is 1.30 bits per heavy atom. The van der Waals surface area contributed by atoms with Gasteiger partial charge >= 0.3 is 0 Å². The molecular formula is C14H13ClF2N2O. The zero-order valence-electron chi connectivity index (χ0n) is 11.2. The van der Waals surface area contributed by atoms with E-state index in [-0.39, 0.29) is 11.3 Å². The number of ketones is 1. The first-order chi connectivity index (χ1) is 9.32. The van der Waals surface area contributed by atoms with Gasteiger partial charge in [0.15, 0.2) is 17.4 Å². The number of rotatable bonds is 3. The van der Waals surface area contributed by atoms with Crippen molar-refractivity contribution in [2.45, 2.75) is 26.8 Å². The first-order valence-electron chi connectivity index (χ1n) is 6.03. The summed E-state index contributed by atoms with van der Waals surface area (Å²) in [5.74, 6) is -2.39. The van der Waals surface area contributed by atoms with E-state index in [0.717, 1.165) is 12.1 Å². The number of hydrogen-bond acceptors (Lipinski definition) is 2. The Morgan fingerprint density at radius 3 is 2.45 bits per heavy atom. The second kappa shape index (κ2) is 5.32. The fraction of sp³-hybridized carbons (Fsp3) is 0.286. The van der Waals surface area contributed by atoms with Crippen molar-refractivity contribution in [2.24, 2.45) is 0 Å². The van der Waals surface area contributed by atoms with Crippen LogP contribution in [-0.4, -0.2) is 15.6 Å². The van der Waals surface area contributed by atoms with Gasteiger partial charge in [-0.25, -0.2) is 8.78 Å². The third-order valence-electron chi connectivity index (χ3n) is 3.19. The highest BCUT2D eigenvalue weighted by molar-refractivity contribution is 6.31. The van der Waals surface area contributed by atoms with Gasteiger partial charge in [0.2, 0.25) is 0 Å². The second-order valence-electron chi connectivity index (χ2n) is 4.60. The van der Waals surface area contributed by atoms with Crippen LogP contribution in [0.3, 0.4) is 0 Å². The molecule has 1 aromatic heterocycles. The normalized spacial score (nSPS) is 12.5. The molecule has 0 radical (unpaired) electrons. The van der Waals surface area contributed by atoms with E-state index in [1.807, 2.05) is 0 Å². The summed E-state index contributed by atoms with van der Waals surface area (Å²) >= 11 is 6.03. The predicted octanol–water partition coefficient (Wildman–Crippen LogP) is 3.88. The van der Waals surface area contributed by atoms with Crippen LogP contribution in [0.4, 0.5) is 8.78 Å². The molecule has 20 heavy (non-hydrogen) atoms. The van der Waals surface area contributed by atoms with Crippen LogP contribution < -0.4 is 0 Å². The number of hydrogen-bond donors (Lipinski definition) is 0. The monoisotopic (exact) mass is 298 g/mol. The molecule has 0 bridgehead atoms. The standard InChI is InChI=1S/C14H13ClF2N2O/c1-7-13(15)8(2)19(18-7)9(3)14(20)10-4-5-11(16)12(17)6-10/h4-6,9H,1-3H3. The van der Waals surface area contributed by atoms with Gasteiger partial charge < -0.3 is 0 Å². The van der Waals surface area contributed by atoms with E-state index in [4.69, 9.17) is 11.6 Å². The number of nitrogens with zero attached hydrogens (tertiary/aromatic N) is 2. The zero-order valence-corrected chi connectivity index (χ0v) is 12.0. The van der Waals surface area contributed by atoms with E-state index in [0.29, 0.717) is 16.4 Å². The van der Waals surface area contributed by atoms with Gasteiger partial charge in [-0.15, -0.1) is 0 Å². The predicted molar refractivity (Wildman–Crippen MR) is 72.1 cm³/mol. The first kappa shape index (κ1) is 14.7. The molecule has 3 nitrogen and oxygen atoms in total. The van der Waals surface area contributed by atoms with Gasteiger partial charge in [-0.05, 0) is 39.0 Å². The Labute approximate surface area is 120 Å². The molecule has 0 fully saturated rings. The summed E-state index contributed by atoms with van der Waals surface area (Å²) in [6.07, 6.45) is 0. The molecule has 0 aliphatic heterocycles. The van der Waals surface area contributed by atoms with Gasteiger partial charge in [0.25, 0.3) is 0 Å². The van der Waals surface area contributed by atoms with Crippen LogP contribution in [-0.2, 0) is 0 Å². The van der Waals surface area contributed by atoms with Crippen molar-refractivity contribution in [1.82, 2.24) is 9.78 Å². The summed E-state index contributed by atoms with van der Waals surface area (Å²) in [6, 6.07) is 2.43. The fourth-order valence-electron chi connectivity index (χ4n) is 2.02. The molecule has 0 spiro atoms. The van der Waals surface area contributed by atoms with Gasteiger partial charge in [-0.2, -0.15) is 5.10 Å². The third kappa shape index (κ3) is 2.45. The van der Waals surface area contributed by atoms with Crippen molar-refractivity contribution < 1.29 is 13.6 Å². The smallest absolute Gasteiger partial charge is 0.187 e. The lowest BCUT2D eigenvalue weighted by Gasteiger charge is -2.13. The molecule has 2 rings (SSSR count). The van der Waals surface area contributed by atoms with Crippen molar-refractivity contribution in [2.75, 3.05) is 0 Å². The summed E-state index contributed by atoms with van der Waals surface area (Å²) in [5.41, 5.74) is 1.38. The lowest BCUT2D eigenvalue weighted by atomic mass is 10.1. The number of aryl methyl sites for hydroxylation is 1. The average molecular weight is 299 g/mol. The molecule has 0 amide bonds. The number of carbonyl (C=O) groups excluding carboxylic acids is 1. The maximum atomic E-state index is 13.2. The molecule has 0 aliphatic carbocycles. The Bertz CT molecular complexity index is 682. The maximum absolute atomic E-state index is 13.2. The first-order valence-corrected chi connectivity index (χ1v) is 6.41. The van der Waals surface area contributed by atoms with Gasteiger partial charge in [0, 0.05) is 5.56 Å². The van der Waals surface area contributed by atoms with Gasteiger partial charge in [-0.3, -0.25) is 9.48 Å². The minimum Gasteiger partial charge on any atom is -0.292 e. The fourth-order valence-corrected chi connectivity index (χ4v) is 2.15. The average Bonchev–Trinajstić information content (AvgIpc) is 2.68.